The van der Waals surface area contributed by atoms with Gasteiger partial charge in [0.15, 0.2) is 0 Å². The van der Waals surface area contributed by atoms with Gasteiger partial charge in [-0.2, -0.15) is 0 Å². The Labute approximate surface area is 183 Å². The van der Waals surface area contributed by atoms with Gasteiger partial charge in [-0.25, -0.2) is 0 Å². The highest BCUT2D eigenvalue weighted by molar-refractivity contribution is 5.39. The van der Waals surface area contributed by atoms with E-state index in [9.17, 15) is 5.11 Å². The zero-order valence-electron chi connectivity index (χ0n) is 17.6. The number of rotatable bonds is 8. The van der Waals surface area contributed by atoms with E-state index in [1.54, 1.807) is 0 Å². The van der Waals surface area contributed by atoms with Crippen molar-refractivity contribution in [2.75, 3.05) is 26.4 Å². The van der Waals surface area contributed by atoms with E-state index in [1.807, 2.05) is 54.6 Å². The molecule has 2 N–H and O–H groups in total. The molecule has 1 heterocycles. The van der Waals surface area contributed by atoms with E-state index in [0.717, 1.165) is 47.8 Å². The Morgan fingerprint density at radius 1 is 0.968 bits per heavy atom. The van der Waals surface area contributed by atoms with E-state index in [1.165, 1.54) is 5.56 Å². The number of ether oxygens (including phenoxy) is 2. The Bertz CT molecular complexity index is 959. The summed E-state index contributed by atoms with van der Waals surface area (Å²) < 4.78 is 11.4. The largest absolute Gasteiger partial charge is 0.492 e. The second-order valence-electron chi connectivity index (χ2n) is 7.85. The van der Waals surface area contributed by atoms with Crippen molar-refractivity contribution in [3.8, 4) is 11.5 Å². The van der Waals surface area contributed by atoms with Crippen LogP contribution in [0.4, 0.5) is 0 Å². The molecular formula is C26H29NO4. The SMILES string of the molecule is OCCOc1ccc(CN2CCOc3ccc([C@@H](O)Cc4ccccc4)cc3C2)cc1. The number of hydrogen-bond donors (Lipinski definition) is 2. The van der Waals surface area contributed by atoms with Crippen LogP contribution < -0.4 is 9.47 Å². The fraction of sp³-hybridized carbons (Fsp3) is 0.308. The second kappa shape index (κ2) is 10.4. The summed E-state index contributed by atoms with van der Waals surface area (Å²) in [6, 6.07) is 24.1. The molecule has 162 valence electrons. The van der Waals surface area contributed by atoms with Crippen molar-refractivity contribution < 1.29 is 19.7 Å². The number of benzene rings is 3. The molecule has 5 heteroatoms. The summed E-state index contributed by atoms with van der Waals surface area (Å²) in [5.74, 6) is 1.66. The quantitative estimate of drug-likeness (QED) is 0.583. The Kier molecular flexibility index (Phi) is 7.20. The van der Waals surface area contributed by atoms with Gasteiger partial charge in [0.25, 0.3) is 0 Å². The fourth-order valence-electron chi connectivity index (χ4n) is 3.88. The minimum Gasteiger partial charge on any atom is -0.492 e. The average molecular weight is 420 g/mol. The first kappa shape index (κ1) is 21.4. The summed E-state index contributed by atoms with van der Waals surface area (Å²) in [4.78, 5) is 2.35. The molecule has 5 nitrogen and oxygen atoms in total. The third-order valence-corrected chi connectivity index (χ3v) is 5.49. The van der Waals surface area contributed by atoms with Gasteiger partial charge in [-0.1, -0.05) is 48.5 Å². The van der Waals surface area contributed by atoms with Crippen molar-refractivity contribution in [3.63, 3.8) is 0 Å². The van der Waals surface area contributed by atoms with Crippen LogP contribution in [0.2, 0.25) is 0 Å². The summed E-state index contributed by atoms with van der Waals surface area (Å²) in [6.45, 7) is 3.36. The Hall–Kier alpha value is -2.86. The molecule has 0 spiro atoms. The molecule has 31 heavy (non-hydrogen) atoms. The van der Waals surface area contributed by atoms with E-state index in [2.05, 4.69) is 23.1 Å². The summed E-state index contributed by atoms with van der Waals surface area (Å²) in [6.07, 6.45) is 0.0467. The minimum absolute atomic E-state index is 0.0109. The lowest BCUT2D eigenvalue weighted by Gasteiger charge is -2.20. The summed E-state index contributed by atoms with van der Waals surface area (Å²) in [7, 11) is 0. The lowest BCUT2D eigenvalue weighted by Crippen LogP contribution is -2.25. The molecule has 0 aromatic heterocycles. The topological polar surface area (TPSA) is 62.2 Å². The highest BCUT2D eigenvalue weighted by Crippen LogP contribution is 2.29. The van der Waals surface area contributed by atoms with Crippen LogP contribution in [-0.4, -0.2) is 41.5 Å². The Morgan fingerprint density at radius 3 is 2.55 bits per heavy atom. The highest BCUT2D eigenvalue weighted by atomic mass is 16.5. The first-order valence-corrected chi connectivity index (χ1v) is 10.7. The van der Waals surface area contributed by atoms with Crippen molar-refractivity contribution in [1.29, 1.82) is 0 Å². The van der Waals surface area contributed by atoms with Gasteiger partial charge in [-0.05, 0) is 41.0 Å². The minimum atomic E-state index is -0.545. The van der Waals surface area contributed by atoms with Crippen molar-refractivity contribution in [1.82, 2.24) is 4.90 Å². The molecule has 4 rings (SSSR count). The van der Waals surface area contributed by atoms with Gasteiger partial charge >= 0.3 is 0 Å². The third-order valence-electron chi connectivity index (χ3n) is 5.49. The average Bonchev–Trinajstić information content (AvgIpc) is 3.00. The van der Waals surface area contributed by atoms with E-state index in [0.29, 0.717) is 19.6 Å². The van der Waals surface area contributed by atoms with E-state index < -0.39 is 6.10 Å². The zero-order chi connectivity index (χ0) is 21.5. The molecule has 0 fully saturated rings. The molecule has 1 aliphatic rings. The molecule has 0 radical (unpaired) electrons. The van der Waals surface area contributed by atoms with Crippen LogP contribution in [0.15, 0.2) is 72.8 Å². The zero-order valence-corrected chi connectivity index (χ0v) is 17.6. The summed E-state index contributed by atoms with van der Waals surface area (Å²) in [5, 5.41) is 19.6. The maximum atomic E-state index is 10.8. The van der Waals surface area contributed by atoms with Crippen LogP contribution in [0, 0.1) is 0 Å². The van der Waals surface area contributed by atoms with Gasteiger partial charge < -0.3 is 19.7 Å². The molecule has 0 aliphatic carbocycles. The van der Waals surface area contributed by atoms with Crippen molar-refractivity contribution in [2.24, 2.45) is 0 Å². The normalized spacial score (nSPS) is 14.9. The van der Waals surface area contributed by atoms with Gasteiger partial charge in [-0.15, -0.1) is 0 Å². The number of nitrogens with zero attached hydrogens (tertiary/aromatic N) is 1. The predicted molar refractivity (Wildman–Crippen MR) is 120 cm³/mol. The van der Waals surface area contributed by atoms with Crippen LogP contribution in [-0.2, 0) is 19.5 Å². The monoisotopic (exact) mass is 419 g/mol. The lowest BCUT2D eigenvalue weighted by atomic mass is 9.99. The molecule has 0 amide bonds. The molecule has 0 unspecified atom stereocenters. The van der Waals surface area contributed by atoms with Crippen LogP contribution in [0.1, 0.15) is 28.4 Å². The molecular weight excluding hydrogens is 390 g/mol. The Balaban J connectivity index is 1.43. The number of fused-ring (bicyclic) bond motifs is 1. The number of aliphatic hydroxyl groups excluding tert-OH is 2. The molecule has 1 atom stereocenters. The van der Waals surface area contributed by atoms with E-state index in [4.69, 9.17) is 14.6 Å². The van der Waals surface area contributed by atoms with Gasteiger partial charge in [0.2, 0.25) is 0 Å². The molecule has 0 saturated heterocycles. The summed E-state index contributed by atoms with van der Waals surface area (Å²) >= 11 is 0. The molecule has 3 aromatic carbocycles. The molecule has 0 saturated carbocycles. The van der Waals surface area contributed by atoms with E-state index in [-0.39, 0.29) is 6.61 Å². The first-order chi connectivity index (χ1) is 15.2. The first-order valence-electron chi connectivity index (χ1n) is 10.7. The van der Waals surface area contributed by atoms with Crippen LogP contribution in [0.25, 0.3) is 0 Å². The summed E-state index contributed by atoms with van der Waals surface area (Å²) in [5.41, 5.74) is 4.33. The smallest absolute Gasteiger partial charge is 0.123 e. The maximum absolute atomic E-state index is 10.8. The van der Waals surface area contributed by atoms with Gasteiger partial charge in [0, 0.05) is 31.6 Å². The number of aliphatic hydroxyl groups is 2. The second-order valence-corrected chi connectivity index (χ2v) is 7.85. The predicted octanol–water partition coefficient (Wildman–Crippen LogP) is 3.73. The van der Waals surface area contributed by atoms with Gasteiger partial charge in [-0.3, -0.25) is 4.90 Å². The van der Waals surface area contributed by atoms with Crippen LogP contribution in [0.3, 0.4) is 0 Å². The highest BCUT2D eigenvalue weighted by Gasteiger charge is 2.18. The Morgan fingerprint density at radius 2 is 1.77 bits per heavy atom. The standard InChI is InChI=1S/C26H29NO4/c28-13-15-30-24-9-6-21(7-10-24)18-27-12-14-31-26-11-8-22(17-23(26)19-27)25(29)16-20-4-2-1-3-5-20/h1-11,17,25,28-29H,12-16,18-19H2/t25-/m0/s1. The van der Waals surface area contributed by atoms with Crippen LogP contribution >= 0.6 is 0 Å². The van der Waals surface area contributed by atoms with Gasteiger partial charge in [0.1, 0.15) is 24.7 Å². The van der Waals surface area contributed by atoms with Crippen molar-refractivity contribution >= 4 is 0 Å². The van der Waals surface area contributed by atoms with Gasteiger partial charge in [0.05, 0.1) is 12.7 Å². The molecule has 0 bridgehead atoms. The lowest BCUT2D eigenvalue weighted by molar-refractivity contribution is 0.178. The maximum Gasteiger partial charge on any atom is 0.123 e. The van der Waals surface area contributed by atoms with Crippen molar-refractivity contribution in [2.45, 2.75) is 25.6 Å². The third kappa shape index (κ3) is 5.85. The van der Waals surface area contributed by atoms with Crippen molar-refractivity contribution in [3.05, 3.63) is 95.1 Å². The number of hydrogen-bond acceptors (Lipinski definition) is 5. The fourth-order valence-corrected chi connectivity index (χ4v) is 3.88. The molecule has 1 aliphatic heterocycles. The van der Waals surface area contributed by atoms with Crippen LogP contribution in [0.5, 0.6) is 11.5 Å². The van der Waals surface area contributed by atoms with E-state index >= 15 is 0 Å². The molecule has 3 aromatic rings.